The Kier molecular flexibility index (Phi) is 6.35. The second kappa shape index (κ2) is 6.39. The molecule has 2 heteroatoms. The van der Waals surface area contributed by atoms with Gasteiger partial charge in [-0.25, -0.2) is 0 Å². The minimum absolute atomic E-state index is 0.251. The fourth-order valence-electron chi connectivity index (χ4n) is 1.19. The lowest BCUT2D eigenvalue weighted by molar-refractivity contribution is 0.285. The van der Waals surface area contributed by atoms with E-state index in [-0.39, 0.29) is 5.54 Å². The van der Waals surface area contributed by atoms with Gasteiger partial charge in [0, 0.05) is 5.54 Å². The van der Waals surface area contributed by atoms with Crippen LogP contribution in [0.3, 0.4) is 0 Å². The van der Waals surface area contributed by atoms with Crippen molar-refractivity contribution in [3.05, 3.63) is 0 Å². The topological polar surface area (TPSA) is 24.1 Å². The SMILES string of the molecule is CCCNC(CC)NC(C)(C)CC. The lowest BCUT2D eigenvalue weighted by Gasteiger charge is -2.31. The Morgan fingerprint density at radius 1 is 1.15 bits per heavy atom. The summed E-state index contributed by atoms with van der Waals surface area (Å²) in [5.41, 5.74) is 0.251. The van der Waals surface area contributed by atoms with Crippen molar-refractivity contribution in [1.82, 2.24) is 10.6 Å². The van der Waals surface area contributed by atoms with Crippen LogP contribution in [0.4, 0.5) is 0 Å². The van der Waals surface area contributed by atoms with E-state index in [0.717, 1.165) is 19.4 Å². The first-order chi connectivity index (χ1) is 6.05. The van der Waals surface area contributed by atoms with Gasteiger partial charge in [-0.3, -0.25) is 5.32 Å². The highest BCUT2D eigenvalue weighted by molar-refractivity contribution is 4.79. The number of rotatable bonds is 7. The van der Waals surface area contributed by atoms with Gasteiger partial charge >= 0.3 is 0 Å². The van der Waals surface area contributed by atoms with Crippen molar-refractivity contribution in [3.8, 4) is 0 Å². The zero-order valence-corrected chi connectivity index (χ0v) is 9.91. The highest BCUT2D eigenvalue weighted by Crippen LogP contribution is 2.08. The van der Waals surface area contributed by atoms with Crippen molar-refractivity contribution in [1.29, 1.82) is 0 Å². The van der Waals surface area contributed by atoms with Crippen LogP contribution in [0.15, 0.2) is 0 Å². The number of nitrogens with one attached hydrogen (secondary N) is 2. The zero-order chi connectivity index (χ0) is 10.3. The maximum atomic E-state index is 3.62. The van der Waals surface area contributed by atoms with Crippen molar-refractivity contribution in [2.75, 3.05) is 6.54 Å². The molecule has 0 aliphatic carbocycles. The van der Waals surface area contributed by atoms with Crippen LogP contribution in [0, 0.1) is 0 Å². The predicted octanol–water partition coefficient (Wildman–Crippen LogP) is 2.50. The van der Waals surface area contributed by atoms with E-state index in [1.807, 2.05) is 0 Å². The Balaban J connectivity index is 3.82. The van der Waals surface area contributed by atoms with Crippen molar-refractivity contribution in [2.24, 2.45) is 0 Å². The van der Waals surface area contributed by atoms with Gasteiger partial charge in [0.15, 0.2) is 0 Å². The van der Waals surface area contributed by atoms with Gasteiger partial charge < -0.3 is 5.32 Å². The van der Waals surface area contributed by atoms with Crippen LogP contribution in [0.5, 0.6) is 0 Å². The average Bonchev–Trinajstić information content (AvgIpc) is 2.12. The Labute approximate surface area is 83.5 Å². The average molecular weight is 186 g/mol. The van der Waals surface area contributed by atoms with Crippen LogP contribution >= 0.6 is 0 Å². The maximum Gasteiger partial charge on any atom is 0.0573 e. The van der Waals surface area contributed by atoms with Crippen molar-refractivity contribution < 1.29 is 0 Å². The molecule has 0 amide bonds. The first-order valence-electron chi connectivity index (χ1n) is 5.56. The van der Waals surface area contributed by atoms with Gasteiger partial charge in [-0.1, -0.05) is 20.8 Å². The quantitative estimate of drug-likeness (QED) is 0.597. The van der Waals surface area contributed by atoms with Crippen LogP contribution < -0.4 is 10.6 Å². The second-order valence-corrected chi connectivity index (χ2v) is 4.30. The van der Waals surface area contributed by atoms with Gasteiger partial charge in [-0.2, -0.15) is 0 Å². The monoisotopic (exact) mass is 186 g/mol. The maximum absolute atomic E-state index is 3.62. The normalized spacial score (nSPS) is 14.5. The minimum atomic E-state index is 0.251. The van der Waals surface area contributed by atoms with Crippen molar-refractivity contribution in [2.45, 2.75) is 65.6 Å². The molecule has 0 aromatic carbocycles. The van der Waals surface area contributed by atoms with Crippen LogP contribution in [-0.2, 0) is 0 Å². The third-order valence-corrected chi connectivity index (χ3v) is 2.50. The molecule has 0 heterocycles. The molecule has 2 N–H and O–H groups in total. The van der Waals surface area contributed by atoms with Gasteiger partial charge in [0.2, 0.25) is 0 Å². The highest BCUT2D eigenvalue weighted by atomic mass is 15.1. The van der Waals surface area contributed by atoms with Gasteiger partial charge in [0.1, 0.15) is 0 Å². The molecule has 0 radical (unpaired) electrons. The molecule has 13 heavy (non-hydrogen) atoms. The first kappa shape index (κ1) is 12.9. The van der Waals surface area contributed by atoms with E-state index in [9.17, 15) is 0 Å². The van der Waals surface area contributed by atoms with E-state index in [0.29, 0.717) is 6.17 Å². The van der Waals surface area contributed by atoms with E-state index >= 15 is 0 Å². The van der Waals surface area contributed by atoms with Gasteiger partial charge in [0.25, 0.3) is 0 Å². The molecule has 0 aliphatic heterocycles. The third-order valence-electron chi connectivity index (χ3n) is 2.50. The third kappa shape index (κ3) is 6.05. The summed E-state index contributed by atoms with van der Waals surface area (Å²) in [5.74, 6) is 0. The predicted molar refractivity (Wildman–Crippen MR) is 59.9 cm³/mol. The Bertz CT molecular complexity index is 121. The van der Waals surface area contributed by atoms with Crippen molar-refractivity contribution >= 4 is 0 Å². The van der Waals surface area contributed by atoms with E-state index in [4.69, 9.17) is 0 Å². The van der Waals surface area contributed by atoms with Crippen LogP contribution in [0.1, 0.15) is 53.9 Å². The first-order valence-corrected chi connectivity index (χ1v) is 5.56. The number of hydrogen-bond acceptors (Lipinski definition) is 2. The molecule has 0 saturated carbocycles. The molecule has 0 fully saturated rings. The summed E-state index contributed by atoms with van der Waals surface area (Å²) in [6.45, 7) is 12.2. The molecule has 0 rings (SSSR count). The fourth-order valence-corrected chi connectivity index (χ4v) is 1.19. The largest absolute Gasteiger partial charge is 0.302 e. The molecule has 0 spiro atoms. The van der Waals surface area contributed by atoms with Crippen molar-refractivity contribution in [3.63, 3.8) is 0 Å². The Morgan fingerprint density at radius 3 is 2.15 bits per heavy atom. The molecule has 1 unspecified atom stereocenters. The van der Waals surface area contributed by atoms with E-state index in [1.54, 1.807) is 0 Å². The molecule has 1 atom stereocenters. The molecular formula is C11H26N2. The van der Waals surface area contributed by atoms with E-state index in [2.05, 4.69) is 45.3 Å². The lowest BCUT2D eigenvalue weighted by Crippen LogP contribution is -2.52. The summed E-state index contributed by atoms with van der Waals surface area (Å²) in [5, 5.41) is 7.11. The molecular weight excluding hydrogens is 160 g/mol. The fraction of sp³-hybridized carbons (Fsp3) is 1.00. The molecule has 0 aromatic heterocycles. The van der Waals surface area contributed by atoms with E-state index < -0.39 is 0 Å². The molecule has 0 bridgehead atoms. The highest BCUT2D eigenvalue weighted by Gasteiger charge is 2.17. The van der Waals surface area contributed by atoms with Gasteiger partial charge in [-0.15, -0.1) is 0 Å². The summed E-state index contributed by atoms with van der Waals surface area (Å²) in [7, 11) is 0. The Hall–Kier alpha value is -0.0800. The smallest absolute Gasteiger partial charge is 0.0573 e. The minimum Gasteiger partial charge on any atom is -0.302 e. The molecule has 0 aromatic rings. The second-order valence-electron chi connectivity index (χ2n) is 4.30. The summed E-state index contributed by atoms with van der Waals surface area (Å²) in [6.07, 6.45) is 3.97. The zero-order valence-electron chi connectivity index (χ0n) is 9.91. The van der Waals surface area contributed by atoms with Crippen LogP contribution in [0.2, 0.25) is 0 Å². The molecule has 0 saturated heterocycles. The number of hydrogen-bond donors (Lipinski definition) is 2. The Morgan fingerprint density at radius 2 is 1.77 bits per heavy atom. The summed E-state index contributed by atoms with van der Waals surface area (Å²) >= 11 is 0. The van der Waals surface area contributed by atoms with Gasteiger partial charge in [-0.05, 0) is 39.7 Å². The standard InChI is InChI=1S/C11H26N2/c1-6-9-12-10(7-2)13-11(4,5)8-3/h10,12-13H,6-9H2,1-5H3. The van der Waals surface area contributed by atoms with Crippen LogP contribution in [0.25, 0.3) is 0 Å². The summed E-state index contributed by atoms with van der Waals surface area (Å²) in [6, 6.07) is 0. The van der Waals surface area contributed by atoms with Gasteiger partial charge in [0.05, 0.1) is 6.17 Å². The molecule has 0 aliphatic rings. The molecule has 80 valence electrons. The summed E-state index contributed by atoms with van der Waals surface area (Å²) in [4.78, 5) is 0. The van der Waals surface area contributed by atoms with Crippen LogP contribution in [-0.4, -0.2) is 18.2 Å². The summed E-state index contributed by atoms with van der Waals surface area (Å²) < 4.78 is 0. The lowest BCUT2D eigenvalue weighted by atomic mass is 10.0. The van der Waals surface area contributed by atoms with E-state index in [1.165, 1.54) is 6.42 Å². The molecule has 2 nitrogen and oxygen atoms in total.